The van der Waals surface area contributed by atoms with E-state index in [1.807, 2.05) is 6.08 Å². The van der Waals surface area contributed by atoms with Crippen LogP contribution in [-0.2, 0) is 0 Å². The van der Waals surface area contributed by atoms with Crippen molar-refractivity contribution in [2.75, 3.05) is 6.54 Å². The van der Waals surface area contributed by atoms with E-state index in [0.29, 0.717) is 41.2 Å². The number of phenolic OH excluding ortho intramolecular Hbond substituents is 2. The van der Waals surface area contributed by atoms with Gasteiger partial charge in [0.15, 0.2) is 0 Å². The molecular weight excluding hydrogens is 400 g/mol. The number of phenols is 2. The van der Waals surface area contributed by atoms with Crippen molar-refractivity contribution >= 4 is 11.4 Å². The van der Waals surface area contributed by atoms with E-state index < -0.39 is 0 Å². The molecule has 0 amide bonds. The second-order valence-electron chi connectivity index (χ2n) is 8.69. The number of nitrogens with one attached hydrogen (secondary N) is 1. The maximum atomic E-state index is 10.3. The number of aliphatic imine (C=N–C) groups is 2. The fourth-order valence-corrected chi connectivity index (χ4v) is 3.36. The van der Waals surface area contributed by atoms with E-state index in [0.717, 1.165) is 25.1 Å². The van der Waals surface area contributed by atoms with Crippen molar-refractivity contribution in [2.24, 2.45) is 21.6 Å². The summed E-state index contributed by atoms with van der Waals surface area (Å²) in [6, 6.07) is 4.81. The number of benzene rings is 1. The quantitative estimate of drug-likeness (QED) is 0.396. The van der Waals surface area contributed by atoms with Crippen LogP contribution >= 0.6 is 0 Å². The summed E-state index contributed by atoms with van der Waals surface area (Å²) < 4.78 is 0. The predicted octanol–water partition coefficient (Wildman–Crippen LogP) is 5.66. The molecule has 1 aromatic rings. The Balaban J connectivity index is 0.00000161. The zero-order valence-corrected chi connectivity index (χ0v) is 20.7. The Labute approximate surface area is 194 Å². The Morgan fingerprint density at radius 3 is 2.47 bits per heavy atom. The van der Waals surface area contributed by atoms with Crippen molar-refractivity contribution < 1.29 is 10.2 Å². The highest BCUT2D eigenvalue weighted by atomic mass is 16.3. The fraction of sp³-hybridized carbons (Fsp3) is 0.538. The van der Waals surface area contributed by atoms with Crippen molar-refractivity contribution in [3.8, 4) is 11.5 Å². The summed E-state index contributed by atoms with van der Waals surface area (Å²) in [6.45, 7) is 13.1. The van der Waals surface area contributed by atoms with Gasteiger partial charge >= 0.3 is 0 Å². The number of rotatable bonds is 9. The molecule has 1 unspecified atom stereocenters. The molecule has 0 bridgehead atoms. The van der Waals surface area contributed by atoms with Crippen LogP contribution in [0.15, 0.2) is 51.9 Å². The molecule has 1 aliphatic rings. The molecule has 0 aromatic heterocycles. The standard InChI is InChI=1S/C23H34N4O2.C3H8/c1-5-6-7-17(12-15(2)3)26-22-10-11-25-23(20(27-22)13-16(4)24)19-9-8-18(28)14-21(19)29;1-3-2/h8-10,13-15,17,26,28-29H,5-7,11-12,24H2,1-4H3;3H2,1-2H3/b16-13-;. The van der Waals surface area contributed by atoms with Gasteiger partial charge in [0.05, 0.1) is 18.0 Å². The van der Waals surface area contributed by atoms with E-state index in [1.54, 1.807) is 19.1 Å². The van der Waals surface area contributed by atoms with Gasteiger partial charge in [0.25, 0.3) is 0 Å². The van der Waals surface area contributed by atoms with Crippen LogP contribution < -0.4 is 11.1 Å². The molecule has 0 saturated heterocycles. The van der Waals surface area contributed by atoms with Crippen LogP contribution in [0.25, 0.3) is 0 Å². The minimum atomic E-state index is -0.0448. The summed E-state index contributed by atoms with van der Waals surface area (Å²) in [5, 5.41) is 23.5. The van der Waals surface area contributed by atoms with E-state index in [4.69, 9.17) is 10.7 Å². The van der Waals surface area contributed by atoms with Crippen molar-refractivity contribution in [3.63, 3.8) is 0 Å². The highest BCUT2D eigenvalue weighted by molar-refractivity contribution is 6.52. The molecule has 6 nitrogen and oxygen atoms in total. The Kier molecular flexibility index (Phi) is 12.2. The molecule has 6 heteroatoms. The number of aromatic hydroxyl groups is 2. The smallest absolute Gasteiger partial charge is 0.128 e. The summed E-state index contributed by atoms with van der Waals surface area (Å²) in [5.41, 5.74) is 8.18. The Morgan fingerprint density at radius 1 is 1.22 bits per heavy atom. The summed E-state index contributed by atoms with van der Waals surface area (Å²) in [5.74, 6) is 1.32. The first-order valence-electron chi connectivity index (χ1n) is 11.8. The number of nitrogens with zero attached hydrogens (tertiary/aromatic N) is 2. The van der Waals surface area contributed by atoms with E-state index in [1.165, 1.54) is 25.0 Å². The molecule has 1 aliphatic heterocycles. The highest BCUT2D eigenvalue weighted by Gasteiger charge is 2.19. The zero-order chi connectivity index (χ0) is 24.1. The summed E-state index contributed by atoms with van der Waals surface area (Å²) in [4.78, 5) is 9.42. The maximum Gasteiger partial charge on any atom is 0.128 e. The Bertz CT molecular complexity index is 834. The first kappa shape index (κ1) is 27.3. The molecule has 5 N–H and O–H groups in total. The lowest BCUT2D eigenvalue weighted by molar-refractivity contribution is 0.412. The number of nitrogens with two attached hydrogens (primary N) is 1. The number of unbranched alkanes of at least 4 members (excludes halogenated alkanes) is 1. The van der Waals surface area contributed by atoms with Crippen molar-refractivity contribution in [1.29, 1.82) is 0 Å². The largest absolute Gasteiger partial charge is 0.508 e. The van der Waals surface area contributed by atoms with Crippen molar-refractivity contribution in [2.45, 2.75) is 79.7 Å². The van der Waals surface area contributed by atoms with Gasteiger partial charge in [-0.05, 0) is 50.0 Å². The lowest BCUT2D eigenvalue weighted by atomic mass is 9.99. The SMILES string of the molecule is CCC.CCCCC(CC(C)C)NC1=CCN=C(c2ccc(O)cc2O)C(/C=C(/C)N)=N1. The van der Waals surface area contributed by atoms with Gasteiger partial charge in [-0.3, -0.25) is 4.99 Å². The molecule has 0 saturated carbocycles. The van der Waals surface area contributed by atoms with E-state index in [-0.39, 0.29) is 11.5 Å². The zero-order valence-electron chi connectivity index (χ0n) is 20.7. The van der Waals surface area contributed by atoms with Gasteiger partial charge in [0.1, 0.15) is 17.3 Å². The normalized spacial score (nSPS) is 15.1. The Morgan fingerprint density at radius 2 is 1.91 bits per heavy atom. The van der Waals surface area contributed by atoms with Crippen LogP contribution in [0.5, 0.6) is 11.5 Å². The van der Waals surface area contributed by atoms with Gasteiger partial charge in [-0.2, -0.15) is 0 Å². The number of allylic oxidation sites excluding steroid dienone is 2. The second kappa shape index (κ2) is 14.3. The lowest BCUT2D eigenvalue weighted by Crippen LogP contribution is -2.30. The molecular formula is C26H42N4O2. The fourth-order valence-electron chi connectivity index (χ4n) is 3.36. The van der Waals surface area contributed by atoms with Gasteiger partial charge in [-0.25, -0.2) is 4.99 Å². The van der Waals surface area contributed by atoms with Crippen LogP contribution in [0.1, 0.15) is 79.2 Å². The average molecular weight is 443 g/mol. The molecule has 0 radical (unpaired) electrons. The van der Waals surface area contributed by atoms with Crippen molar-refractivity contribution in [1.82, 2.24) is 5.32 Å². The average Bonchev–Trinajstić information content (AvgIpc) is 2.88. The van der Waals surface area contributed by atoms with E-state index in [9.17, 15) is 10.2 Å². The summed E-state index contributed by atoms with van der Waals surface area (Å²) in [6.07, 6.45) is 9.46. The highest BCUT2D eigenvalue weighted by Crippen LogP contribution is 2.25. The molecule has 0 spiro atoms. The van der Waals surface area contributed by atoms with Crippen LogP contribution in [0.4, 0.5) is 0 Å². The van der Waals surface area contributed by atoms with Crippen LogP contribution in [-0.4, -0.2) is 34.2 Å². The van der Waals surface area contributed by atoms with Crippen molar-refractivity contribution in [3.05, 3.63) is 47.4 Å². The molecule has 0 aliphatic carbocycles. The van der Waals surface area contributed by atoms with E-state index in [2.05, 4.69) is 44.9 Å². The topological polar surface area (TPSA) is 103 Å². The van der Waals surface area contributed by atoms with Crippen LogP contribution in [0.3, 0.4) is 0 Å². The molecule has 1 atom stereocenters. The first-order valence-corrected chi connectivity index (χ1v) is 11.8. The third kappa shape index (κ3) is 9.58. The summed E-state index contributed by atoms with van der Waals surface area (Å²) in [7, 11) is 0. The van der Waals surface area contributed by atoms with Gasteiger partial charge in [0.2, 0.25) is 0 Å². The third-order valence-corrected chi connectivity index (χ3v) is 4.63. The third-order valence-electron chi connectivity index (χ3n) is 4.63. The van der Waals surface area contributed by atoms with Gasteiger partial charge in [-0.1, -0.05) is 53.9 Å². The van der Waals surface area contributed by atoms with Crippen LogP contribution in [0, 0.1) is 5.92 Å². The minimum absolute atomic E-state index is 0.00237. The minimum Gasteiger partial charge on any atom is -0.508 e. The molecule has 2 rings (SSSR count). The molecule has 0 fully saturated rings. The van der Waals surface area contributed by atoms with E-state index >= 15 is 0 Å². The monoisotopic (exact) mass is 442 g/mol. The maximum absolute atomic E-state index is 10.3. The number of hydrogen-bond donors (Lipinski definition) is 4. The second-order valence-corrected chi connectivity index (χ2v) is 8.69. The lowest BCUT2D eigenvalue weighted by Gasteiger charge is -2.22. The van der Waals surface area contributed by atoms with Gasteiger partial charge in [0, 0.05) is 23.4 Å². The molecule has 1 heterocycles. The Hall–Kier alpha value is -2.76. The van der Waals surface area contributed by atoms with Gasteiger partial charge < -0.3 is 21.3 Å². The number of hydrogen-bond acceptors (Lipinski definition) is 6. The van der Waals surface area contributed by atoms with Crippen LogP contribution in [0.2, 0.25) is 0 Å². The van der Waals surface area contributed by atoms with Gasteiger partial charge in [-0.15, -0.1) is 0 Å². The predicted molar refractivity (Wildman–Crippen MR) is 137 cm³/mol. The molecule has 178 valence electrons. The first-order chi connectivity index (χ1) is 15.2. The molecule has 32 heavy (non-hydrogen) atoms. The summed E-state index contributed by atoms with van der Waals surface area (Å²) >= 11 is 0. The molecule has 1 aromatic carbocycles.